The molecule has 6 nitrogen and oxygen atoms in total. The molecule has 3 aromatic heterocycles. The molecule has 1 N–H and O–H groups in total. The van der Waals surface area contributed by atoms with Crippen molar-refractivity contribution in [2.45, 2.75) is 12.6 Å². The maximum Gasteiger partial charge on any atom is 0.240 e. The topological polar surface area (TPSA) is 67.3 Å². The SMILES string of the molecule is CN(C)[C@@H](CNCc1nc(-c2ccsc2)no1)c1ccco1. The molecule has 0 unspecified atom stereocenters. The van der Waals surface area contributed by atoms with E-state index in [1.807, 2.05) is 43.1 Å². The van der Waals surface area contributed by atoms with Gasteiger partial charge in [-0.15, -0.1) is 0 Å². The van der Waals surface area contributed by atoms with Crippen molar-refractivity contribution in [2.24, 2.45) is 0 Å². The molecular weight excluding hydrogens is 300 g/mol. The van der Waals surface area contributed by atoms with Crippen LogP contribution in [0.3, 0.4) is 0 Å². The van der Waals surface area contributed by atoms with E-state index in [0.717, 1.165) is 17.9 Å². The third-order valence-electron chi connectivity index (χ3n) is 3.36. The number of rotatable bonds is 7. The maximum absolute atomic E-state index is 5.48. The van der Waals surface area contributed by atoms with Gasteiger partial charge in [0.05, 0.1) is 18.8 Å². The molecule has 0 fully saturated rings. The molecule has 0 spiro atoms. The first-order chi connectivity index (χ1) is 10.7. The van der Waals surface area contributed by atoms with Gasteiger partial charge in [0, 0.05) is 17.5 Å². The van der Waals surface area contributed by atoms with Crippen LogP contribution in [0.5, 0.6) is 0 Å². The monoisotopic (exact) mass is 318 g/mol. The van der Waals surface area contributed by atoms with Crippen LogP contribution in [0, 0.1) is 0 Å². The van der Waals surface area contributed by atoms with Crippen molar-refractivity contribution >= 4 is 11.3 Å². The highest BCUT2D eigenvalue weighted by Gasteiger charge is 2.17. The second kappa shape index (κ2) is 6.87. The van der Waals surface area contributed by atoms with Crippen LogP contribution in [0.15, 0.2) is 44.2 Å². The predicted molar refractivity (Wildman–Crippen MR) is 84.5 cm³/mol. The van der Waals surface area contributed by atoms with Crippen molar-refractivity contribution in [3.05, 3.63) is 46.9 Å². The van der Waals surface area contributed by atoms with Crippen LogP contribution < -0.4 is 5.32 Å². The number of hydrogen-bond donors (Lipinski definition) is 1. The fourth-order valence-corrected chi connectivity index (χ4v) is 2.80. The van der Waals surface area contributed by atoms with E-state index in [-0.39, 0.29) is 6.04 Å². The highest BCUT2D eigenvalue weighted by atomic mass is 32.1. The minimum Gasteiger partial charge on any atom is -0.468 e. The van der Waals surface area contributed by atoms with Gasteiger partial charge in [-0.05, 0) is 37.7 Å². The standard InChI is InChI=1S/C15H18N4O2S/c1-19(2)12(13-4-3-6-20-13)8-16-9-14-17-15(18-21-14)11-5-7-22-10-11/h3-7,10,12,16H,8-9H2,1-2H3/t12-/m0/s1. The summed E-state index contributed by atoms with van der Waals surface area (Å²) in [6.07, 6.45) is 1.69. The minimum absolute atomic E-state index is 0.161. The van der Waals surface area contributed by atoms with Crippen LogP contribution >= 0.6 is 11.3 Å². The van der Waals surface area contributed by atoms with Crippen LogP contribution in [0.4, 0.5) is 0 Å². The molecule has 0 radical (unpaired) electrons. The smallest absolute Gasteiger partial charge is 0.240 e. The Morgan fingerprint density at radius 3 is 2.95 bits per heavy atom. The Labute approximate surface area is 132 Å². The van der Waals surface area contributed by atoms with Crippen molar-refractivity contribution in [1.29, 1.82) is 0 Å². The zero-order chi connectivity index (χ0) is 15.4. The molecule has 0 saturated carbocycles. The Hall–Kier alpha value is -1.96. The van der Waals surface area contributed by atoms with E-state index in [1.165, 1.54) is 0 Å². The number of nitrogens with zero attached hydrogens (tertiary/aromatic N) is 3. The van der Waals surface area contributed by atoms with Crippen molar-refractivity contribution in [2.75, 3.05) is 20.6 Å². The van der Waals surface area contributed by atoms with Gasteiger partial charge in [-0.25, -0.2) is 0 Å². The molecule has 0 saturated heterocycles. The molecule has 7 heteroatoms. The molecule has 1 atom stereocenters. The normalized spacial score (nSPS) is 12.9. The fourth-order valence-electron chi connectivity index (χ4n) is 2.17. The first-order valence-corrected chi connectivity index (χ1v) is 7.94. The Morgan fingerprint density at radius 1 is 1.36 bits per heavy atom. The average Bonchev–Trinajstić information content (AvgIpc) is 3.23. The third-order valence-corrected chi connectivity index (χ3v) is 4.04. The molecule has 0 aliphatic carbocycles. The van der Waals surface area contributed by atoms with E-state index in [4.69, 9.17) is 8.94 Å². The second-order valence-electron chi connectivity index (χ2n) is 5.15. The van der Waals surface area contributed by atoms with Gasteiger partial charge in [0.25, 0.3) is 0 Å². The zero-order valence-corrected chi connectivity index (χ0v) is 13.3. The molecule has 3 rings (SSSR count). The van der Waals surface area contributed by atoms with Crippen molar-refractivity contribution in [3.8, 4) is 11.4 Å². The van der Waals surface area contributed by atoms with Gasteiger partial charge in [-0.2, -0.15) is 16.3 Å². The maximum atomic E-state index is 5.48. The molecule has 3 aromatic rings. The fraction of sp³-hybridized carbons (Fsp3) is 0.333. The molecular formula is C15H18N4O2S. The van der Waals surface area contributed by atoms with Crippen molar-refractivity contribution in [3.63, 3.8) is 0 Å². The van der Waals surface area contributed by atoms with Gasteiger partial charge < -0.3 is 14.3 Å². The van der Waals surface area contributed by atoms with Gasteiger partial charge in [0.2, 0.25) is 11.7 Å². The largest absolute Gasteiger partial charge is 0.468 e. The lowest BCUT2D eigenvalue weighted by atomic mass is 10.2. The quantitative estimate of drug-likeness (QED) is 0.722. The predicted octanol–water partition coefficient (Wildman–Crippen LogP) is 2.78. The number of likely N-dealkylation sites (N-methyl/N-ethyl adjacent to an activating group) is 1. The summed E-state index contributed by atoms with van der Waals surface area (Å²) in [5.74, 6) is 2.15. The molecule has 0 aromatic carbocycles. The van der Waals surface area contributed by atoms with Crippen LogP contribution in [0.1, 0.15) is 17.7 Å². The minimum atomic E-state index is 0.161. The Bertz CT molecular complexity index is 676. The van der Waals surface area contributed by atoms with Gasteiger partial charge >= 0.3 is 0 Å². The number of aromatic nitrogens is 2. The molecule has 0 aliphatic rings. The van der Waals surface area contributed by atoms with E-state index in [1.54, 1.807) is 17.6 Å². The summed E-state index contributed by atoms with van der Waals surface area (Å²) in [5.41, 5.74) is 0.988. The first-order valence-electron chi connectivity index (χ1n) is 6.99. The van der Waals surface area contributed by atoms with Crippen molar-refractivity contribution < 1.29 is 8.94 Å². The highest BCUT2D eigenvalue weighted by Crippen LogP contribution is 2.19. The van der Waals surface area contributed by atoms with Crippen molar-refractivity contribution in [1.82, 2.24) is 20.4 Å². The lowest BCUT2D eigenvalue weighted by Crippen LogP contribution is -2.30. The molecule has 116 valence electrons. The number of thiophene rings is 1. The molecule has 0 aliphatic heterocycles. The summed E-state index contributed by atoms with van der Waals surface area (Å²) in [7, 11) is 4.05. The van der Waals surface area contributed by atoms with E-state index >= 15 is 0 Å². The highest BCUT2D eigenvalue weighted by molar-refractivity contribution is 7.08. The Balaban J connectivity index is 1.56. The van der Waals surface area contributed by atoms with Crippen LogP contribution in [0.2, 0.25) is 0 Å². The summed E-state index contributed by atoms with van der Waals surface area (Å²) in [4.78, 5) is 6.49. The van der Waals surface area contributed by atoms with E-state index in [9.17, 15) is 0 Å². The Kier molecular flexibility index (Phi) is 4.67. The lowest BCUT2D eigenvalue weighted by molar-refractivity contribution is 0.246. The number of hydrogen-bond acceptors (Lipinski definition) is 7. The van der Waals surface area contributed by atoms with Gasteiger partial charge in [0.1, 0.15) is 5.76 Å². The third kappa shape index (κ3) is 3.44. The molecule has 0 bridgehead atoms. The molecule has 3 heterocycles. The van der Waals surface area contributed by atoms with E-state index in [2.05, 4.69) is 20.4 Å². The summed E-state index contributed by atoms with van der Waals surface area (Å²) >= 11 is 1.61. The van der Waals surface area contributed by atoms with E-state index < -0.39 is 0 Å². The summed E-state index contributed by atoms with van der Waals surface area (Å²) in [6, 6.07) is 6.02. The van der Waals surface area contributed by atoms with Crippen LogP contribution in [-0.4, -0.2) is 35.7 Å². The average molecular weight is 318 g/mol. The van der Waals surface area contributed by atoms with E-state index in [0.29, 0.717) is 18.3 Å². The van der Waals surface area contributed by atoms with Crippen LogP contribution in [-0.2, 0) is 6.54 Å². The van der Waals surface area contributed by atoms with Gasteiger partial charge in [-0.1, -0.05) is 5.16 Å². The zero-order valence-electron chi connectivity index (χ0n) is 12.5. The summed E-state index contributed by atoms with van der Waals surface area (Å²) in [5, 5.41) is 11.3. The summed E-state index contributed by atoms with van der Waals surface area (Å²) < 4.78 is 10.7. The number of furan rings is 1. The van der Waals surface area contributed by atoms with Crippen LogP contribution in [0.25, 0.3) is 11.4 Å². The van der Waals surface area contributed by atoms with Gasteiger partial charge in [-0.3, -0.25) is 4.90 Å². The molecule has 22 heavy (non-hydrogen) atoms. The lowest BCUT2D eigenvalue weighted by Gasteiger charge is -2.22. The first kappa shape index (κ1) is 15.0. The second-order valence-corrected chi connectivity index (χ2v) is 5.93. The molecule has 0 amide bonds. The number of nitrogens with one attached hydrogen (secondary N) is 1. The Morgan fingerprint density at radius 2 is 2.27 bits per heavy atom. The summed E-state index contributed by atoms with van der Waals surface area (Å²) in [6.45, 7) is 1.26. The van der Waals surface area contributed by atoms with Gasteiger partial charge in [0.15, 0.2) is 0 Å².